The standard InChI is InChI=1S/C18H22N4O3S/c1-4-6-19-16-14-12(3)15(18(23)25-5-2)26-17(14)21-13(20-16)11-22-7-9-24-10-8-22/h1H,5-11H2,2-3H3,(H,19,20,21). The average molecular weight is 374 g/mol. The van der Waals surface area contributed by atoms with Gasteiger partial charge in [-0.2, -0.15) is 0 Å². The van der Waals surface area contributed by atoms with Crippen LogP contribution in [0.3, 0.4) is 0 Å². The third-order valence-electron chi connectivity index (χ3n) is 4.12. The number of thiophene rings is 1. The molecular formula is C18H22N4O3S. The Morgan fingerprint density at radius 3 is 2.88 bits per heavy atom. The number of nitrogens with one attached hydrogen (secondary N) is 1. The highest BCUT2D eigenvalue weighted by molar-refractivity contribution is 7.20. The quantitative estimate of drug-likeness (QED) is 0.612. The zero-order valence-electron chi connectivity index (χ0n) is 15.0. The molecule has 1 aliphatic rings. The molecule has 0 saturated carbocycles. The summed E-state index contributed by atoms with van der Waals surface area (Å²) >= 11 is 1.34. The Bertz CT molecular complexity index is 837. The lowest BCUT2D eigenvalue weighted by atomic mass is 10.2. The molecule has 3 heterocycles. The summed E-state index contributed by atoms with van der Waals surface area (Å²) in [6.07, 6.45) is 5.39. The van der Waals surface area contributed by atoms with Crippen LogP contribution < -0.4 is 5.32 Å². The Morgan fingerprint density at radius 1 is 1.42 bits per heavy atom. The molecule has 0 bridgehead atoms. The van der Waals surface area contributed by atoms with Crippen molar-refractivity contribution in [1.29, 1.82) is 0 Å². The first-order valence-corrected chi connectivity index (χ1v) is 9.40. The minimum Gasteiger partial charge on any atom is -0.462 e. The molecule has 1 aliphatic heterocycles. The van der Waals surface area contributed by atoms with Gasteiger partial charge in [-0.15, -0.1) is 17.8 Å². The molecule has 1 saturated heterocycles. The highest BCUT2D eigenvalue weighted by Gasteiger charge is 2.22. The third-order valence-corrected chi connectivity index (χ3v) is 5.29. The second-order valence-electron chi connectivity index (χ2n) is 5.89. The number of rotatable bonds is 6. The van der Waals surface area contributed by atoms with Crippen LogP contribution in [-0.2, 0) is 16.0 Å². The topological polar surface area (TPSA) is 76.6 Å². The van der Waals surface area contributed by atoms with Crippen molar-refractivity contribution >= 4 is 33.3 Å². The van der Waals surface area contributed by atoms with Gasteiger partial charge in [-0.25, -0.2) is 14.8 Å². The number of fused-ring (bicyclic) bond motifs is 1. The molecule has 1 fully saturated rings. The summed E-state index contributed by atoms with van der Waals surface area (Å²) in [4.78, 5) is 25.2. The number of carbonyl (C=O) groups is 1. The molecule has 0 aliphatic carbocycles. The van der Waals surface area contributed by atoms with Crippen molar-refractivity contribution < 1.29 is 14.3 Å². The van der Waals surface area contributed by atoms with Crippen LogP contribution in [0.2, 0.25) is 0 Å². The Balaban J connectivity index is 1.99. The van der Waals surface area contributed by atoms with Crippen molar-refractivity contribution in [2.75, 3.05) is 44.8 Å². The third kappa shape index (κ3) is 3.96. The van der Waals surface area contributed by atoms with E-state index in [9.17, 15) is 4.79 Å². The maximum absolute atomic E-state index is 12.2. The van der Waals surface area contributed by atoms with Crippen molar-refractivity contribution in [3.63, 3.8) is 0 Å². The number of aromatic nitrogens is 2. The van der Waals surface area contributed by atoms with Crippen molar-refractivity contribution in [2.45, 2.75) is 20.4 Å². The SMILES string of the molecule is C#CCNc1nc(CN2CCOCC2)nc2sc(C(=O)OCC)c(C)c12. The van der Waals surface area contributed by atoms with Gasteiger partial charge in [-0.1, -0.05) is 5.92 Å². The average Bonchev–Trinajstić information content (AvgIpc) is 2.97. The second-order valence-corrected chi connectivity index (χ2v) is 6.89. The summed E-state index contributed by atoms with van der Waals surface area (Å²) in [5, 5.41) is 4.00. The summed E-state index contributed by atoms with van der Waals surface area (Å²) in [6, 6.07) is 0. The number of aryl methyl sites for hydroxylation is 1. The van der Waals surface area contributed by atoms with Crippen LogP contribution in [0.25, 0.3) is 10.2 Å². The van der Waals surface area contributed by atoms with Crippen LogP contribution in [0.15, 0.2) is 0 Å². The van der Waals surface area contributed by atoms with Gasteiger partial charge in [0.2, 0.25) is 0 Å². The van der Waals surface area contributed by atoms with Gasteiger partial charge in [0.05, 0.1) is 38.3 Å². The van der Waals surface area contributed by atoms with Crippen molar-refractivity contribution in [1.82, 2.24) is 14.9 Å². The van der Waals surface area contributed by atoms with Gasteiger partial charge in [-0.3, -0.25) is 4.90 Å². The van der Waals surface area contributed by atoms with Gasteiger partial charge >= 0.3 is 5.97 Å². The second kappa shape index (κ2) is 8.45. The molecule has 0 spiro atoms. The molecular weight excluding hydrogens is 352 g/mol. The number of terminal acetylenes is 1. The van der Waals surface area contributed by atoms with Crippen LogP contribution in [0.1, 0.15) is 28.0 Å². The largest absolute Gasteiger partial charge is 0.462 e. The summed E-state index contributed by atoms with van der Waals surface area (Å²) in [5.41, 5.74) is 0.820. The first-order chi connectivity index (χ1) is 12.6. The number of nitrogens with zero attached hydrogens (tertiary/aromatic N) is 3. The van der Waals surface area contributed by atoms with Gasteiger partial charge in [0, 0.05) is 13.1 Å². The van der Waals surface area contributed by atoms with Gasteiger partial charge in [0.25, 0.3) is 0 Å². The van der Waals surface area contributed by atoms with Crippen LogP contribution in [0.5, 0.6) is 0 Å². The molecule has 26 heavy (non-hydrogen) atoms. The first-order valence-electron chi connectivity index (χ1n) is 8.58. The predicted molar refractivity (Wildman–Crippen MR) is 102 cm³/mol. The highest BCUT2D eigenvalue weighted by Crippen LogP contribution is 2.34. The number of ether oxygens (including phenoxy) is 2. The van der Waals surface area contributed by atoms with Crippen LogP contribution >= 0.6 is 11.3 Å². The van der Waals surface area contributed by atoms with Gasteiger partial charge in [-0.05, 0) is 19.4 Å². The Morgan fingerprint density at radius 2 is 2.19 bits per heavy atom. The molecule has 0 amide bonds. The summed E-state index contributed by atoms with van der Waals surface area (Å²) < 4.78 is 10.5. The maximum atomic E-state index is 12.2. The number of anilines is 1. The first kappa shape index (κ1) is 18.6. The molecule has 0 radical (unpaired) electrons. The minimum atomic E-state index is -0.328. The number of hydrogen-bond acceptors (Lipinski definition) is 8. The van der Waals surface area contributed by atoms with Crippen LogP contribution in [0, 0.1) is 19.3 Å². The van der Waals surface area contributed by atoms with Gasteiger partial charge in [0.1, 0.15) is 21.3 Å². The molecule has 3 rings (SSSR count). The summed E-state index contributed by atoms with van der Waals surface area (Å²) in [7, 11) is 0. The predicted octanol–water partition coefficient (Wildman–Crippen LogP) is 2.05. The van der Waals surface area contributed by atoms with Crippen molar-refractivity contribution in [2.24, 2.45) is 0 Å². The fourth-order valence-corrected chi connectivity index (χ4v) is 3.96. The molecule has 2 aromatic rings. The van der Waals surface area contributed by atoms with E-state index >= 15 is 0 Å². The molecule has 7 nitrogen and oxygen atoms in total. The number of carbonyl (C=O) groups excluding carboxylic acids is 1. The summed E-state index contributed by atoms with van der Waals surface area (Å²) in [5.74, 6) is 3.61. The van der Waals surface area contributed by atoms with Crippen LogP contribution in [-0.4, -0.2) is 60.3 Å². The number of hydrogen-bond donors (Lipinski definition) is 1. The fourth-order valence-electron chi connectivity index (χ4n) is 2.87. The van der Waals surface area contributed by atoms with Gasteiger partial charge in [0.15, 0.2) is 0 Å². The highest BCUT2D eigenvalue weighted by atomic mass is 32.1. The lowest BCUT2D eigenvalue weighted by Gasteiger charge is -2.25. The van der Waals surface area contributed by atoms with E-state index in [1.807, 2.05) is 6.92 Å². The van der Waals surface area contributed by atoms with Crippen molar-refractivity contribution in [3.8, 4) is 12.3 Å². The van der Waals surface area contributed by atoms with E-state index in [1.54, 1.807) is 6.92 Å². The number of esters is 1. The van der Waals surface area contributed by atoms with Crippen LogP contribution in [0.4, 0.5) is 5.82 Å². The van der Waals surface area contributed by atoms with E-state index in [1.165, 1.54) is 11.3 Å². The molecule has 1 N–H and O–H groups in total. The van der Waals surface area contributed by atoms with E-state index in [4.69, 9.17) is 15.9 Å². The molecule has 0 atom stereocenters. The fraction of sp³-hybridized carbons (Fsp3) is 0.500. The Labute approximate surface area is 156 Å². The minimum absolute atomic E-state index is 0.328. The zero-order valence-corrected chi connectivity index (χ0v) is 15.8. The smallest absolute Gasteiger partial charge is 0.348 e. The zero-order chi connectivity index (χ0) is 18.5. The van der Waals surface area contributed by atoms with E-state index in [0.717, 1.165) is 42.1 Å². The maximum Gasteiger partial charge on any atom is 0.348 e. The number of morpholine rings is 1. The van der Waals surface area contributed by atoms with Crippen molar-refractivity contribution in [3.05, 3.63) is 16.3 Å². The Hall–Kier alpha value is -2.21. The van der Waals surface area contributed by atoms with E-state index in [0.29, 0.717) is 36.2 Å². The Kier molecular flexibility index (Phi) is 6.04. The van der Waals surface area contributed by atoms with E-state index < -0.39 is 0 Å². The monoisotopic (exact) mass is 374 g/mol. The normalized spacial score (nSPS) is 15.0. The molecule has 138 valence electrons. The van der Waals surface area contributed by atoms with Gasteiger partial charge < -0.3 is 14.8 Å². The molecule has 0 aromatic carbocycles. The van der Waals surface area contributed by atoms with E-state index in [-0.39, 0.29) is 5.97 Å². The molecule has 2 aromatic heterocycles. The lowest BCUT2D eigenvalue weighted by Crippen LogP contribution is -2.36. The molecule has 0 unspecified atom stereocenters. The van der Waals surface area contributed by atoms with E-state index in [2.05, 4.69) is 26.1 Å². The lowest BCUT2D eigenvalue weighted by molar-refractivity contribution is 0.0331. The summed E-state index contributed by atoms with van der Waals surface area (Å²) in [6.45, 7) is 8.15. The molecule has 8 heteroatoms.